The molecular formula is C23H21N5O5. The summed E-state index contributed by atoms with van der Waals surface area (Å²) in [4.78, 5) is 51.8. The van der Waals surface area contributed by atoms with Crippen LogP contribution in [0.25, 0.3) is 16.7 Å². The van der Waals surface area contributed by atoms with Crippen LogP contribution in [0.5, 0.6) is 0 Å². The maximum atomic E-state index is 13.2. The van der Waals surface area contributed by atoms with Crippen LogP contribution in [0, 0.1) is 0 Å². The number of methoxy groups -OCH3 is 1. The van der Waals surface area contributed by atoms with E-state index in [-0.39, 0.29) is 53.0 Å². The molecule has 168 valence electrons. The number of carbonyl (C=O) groups excluding carboxylic acids is 2. The summed E-state index contributed by atoms with van der Waals surface area (Å²) in [5.74, 6) is -1.31. The van der Waals surface area contributed by atoms with Crippen LogP contribution < -0.4 is 11.0 Å². The Kier molecular flexibility index (Phi) is 6.36. The molecule has 4 rings (SSSR count). The lowest BCUT2D eigenvalue weighted by Crippen LogP contribution is -2.33. The van der Waals surface area contributed by atoms with E-state index in [4.69, 9.17) is 9.47 Å². The van der Waals surface area contributed by atoms with Crippen LogP contribution in [0.3, 0.4) is 0 Å². The Morgan fingerprint density at radius 2 is 2.03 bits per heavy atom. The summed E-state index contributed by atoms with van der Waals surface area (Å²) in [6.07, 6.45) is 4.52. The third-order valence-corrected chi connectivity index (χ3v) is 4.92. The molecule has 1 amide bonds. The molecule has 0 fully saturated rings. The summed E-state index contributed by atoms with van der Waals surface area (Å²) in [6, 6.07) is 9.73. The van der Waals surface area contributed by atoms with Gasteiger partial charge in [0.1, 0.15) is 16.9 Å². The second-order valence-electron chi connectivity index (χ2n) is 6.99. The van der Waals surface area contributed by atoms with Crippen molar-refractivity contribution in [2.45, 2.75) is 13.5 Å². The minimum atomic E-state index is -0.708. The molecule has 0 radical (unpaired) electrons. The number of aromatic nitrogens is 4. The van der Waals surface area contributed by atoms with Gasteiger partial charge in [-0.3, -0.25) is 19.0 Å². The number of hydrogen-bond donors (Lipinski definition) is 0. The molecule has 0 aliphatic carbocycles. The zero-order valence-corrected chi connectivity index (χ0v) is 18.1. The Morgan fingerprint density at radius 1 is 1.18 bits per heavy atom. The first-order valence-corrected chi connectivity index (χ1v) is 10.2. The maximum Gasteiger partial charge on any atom is 0.341 e. The second-order valence-corrected chi connectivity index (χ2v) is 6.99. The van der Waals surface area contributed by atoms with Crippen LogP contribution in [0.4, 0.5) is 0 Å². The van der Waals surface area contributed by atoms with Gasteiger partial charge in [-0.15, -0.1) is 0 Å². The molecule has 0 N–H and O–H groups in total. The smallest absolute Gasteiger partial charge is 0.341 e. The molecular weight excluding hydrogens is 426 g/mol. The van der Waals surface area contributed by atoms with Crippen LogP contribution in [-0.4, -0.2) is 51.1 Å². The van der Waals surface area contributed by atoms with E-state index in [9.17, 15) is 14.4 Å². The lowest BCUT2D eigenvalue weighted by Gasteiger charge is -2.14. The average Bonchev–Trinajstić information content (AvgIpc) is 2.84. The standard InChI is InChI=1S/C23H21N5O5/c1-3-33-23(31)17-13-16-19(25-18-8-4-5-10-27(18)22(16)30)28(11-12-32-2)20(17)26-21(29)15-7-6-9-24-14-15/h4-10,13-14H,3,11-12H2,1-2H3. The third-order valence-electron chi connectivity index (χ3n) is 4.92. The number of esters is 1. The van der Waals surface area contributed by atoms with E-state index in [1.807, 2.05) is 0 Å². The fraction of sp³-hybridized carbons (Fsp3) is 0.217. The molecule has 0 saturated heterocycles. The lowest BCUT2D eigenvalue weighted by atomic mass is 10.2. The van der Waals surface area contributed by atoms with Crippen LogP contribution in [0.1, 0.15) is 27.6 Å². The number of amides is 1. The van der Waals surface area contributed by atoms with Crippen molar-refractivity contribution in [1.82, 2.24) is 18.9 Å². The fourth-order valence-corrected chi connectivity index (χ4v) is 3.40. The van der Waals surface area contributed by atoms with Crippen molar-refractivity contribution < 1.29 is 19.1 Å². The molecule has 0 bridgehead atoms. The van der Waals surface area contributed by atoms with E-state index >= 15 is 0 Å². The molecule has 0 aliphatic heterocycles. The molecule has 33 heavy (non-hydrogen) atoms. The fourth-order valence-electron chi connectivity index (χ4n) is 3.40. The van der Waals surface area contributed by atoms with Gasteiger partial charge < -0.3 is 14.0 Å². The van der Waals surface area contributed by atoms with Gasteiger partial charge in [-0.25, -0.2) is 9.78 Å². The summed E-state index contributed by atoms with van der Waals surface area (Å²) in [6.45, 7) is 2.19. The summed E-state index contributed by atoms with van der Waals surface area (Å²) in [7, 11) is 1.52. The number of carbonyl (C=O) groups is 2. The number of fused-ring (bicyclic) bond motifs is 2. The molecule has 0 spiro atoms. The first-order valence-electron chi connectivity index (χ1n) is 10.2. The van der Waals surface area contributed by atoms with Crippen molar-refractivity contribution in [3.63, 3.8) is 0 Å². The average molecular weight is 447 g/mol. The van der Waals surface area contributed by atoms with Crippen molar-refractivity contribution in [3.05, 3.63) is 82.0 Å². The Morgan fingerprint density at radius 3 is 2.76 bits per heavy atom. The summed E-state index contributed by atoms with van der Waals surface area (Å²) >= 11 is 0. The lowest BCUT2D eigenvalue weighted by molar-refractivity contribution is 0.0523. The third kappa shape index (κ3) is 4.28. The van der Waals surface area contributed by atoms with Crippen LogP contribution >= 0.6 is 0 Å². The summed E-state index contributed by atoms with van der Waals surface area (Å²) < 4.78 is 13.3. The first-order chi connectivity index (χ1) is 16.0. The highest BCUT2D eigenvalue weighted by atomic mass is 16.5. The highest BCUT2D eigenvalue weighted by Gasteiger charge is 2.20. The van der Waals surface area contributed by atoms with Crippen molar-refractivity contribution in [2.75, 3.05) is 20.3 Å². The minimum Gasteiger partial charge on any atom is -0.462 e. The summed E-state index contributed by atoms with van der Waals surface area (Å²) in [5.41, 5.74) is 0.574. The van der Waals surface area contributed by atoms with Gasteiger partial charge in [0.05, 0.1) is 24.2 Å². The largest absolute Gasteiger partial charge is 0.462 e. The van der Waals surface area contributed by atoms with Crippen LogP contribution in [-0.2, 0) is 16.0 Å². The Bertz CT molecular complexity index is 1470. The summed E-state index contributed by atoms with van der Waals surface area (Å²) in [5, 5.41) is 0.186. The molecule has 10 nitrogen and oxygen atoms in total. The van der Waals surface area contributed by atoms with Gasteiger partial charge in [0.25, 0.3) is 11.5 Å². The maximum absolute atomic E-state index is 13.2. The SMILES string of the molecule is CCOC(=O)c1cc2c(=O)n3ccccc3nc2n(CCOC)c1=NC(=O)c1cccnc1. The van der Waals surface area contributed by atoms with Crippen molar-refractivity contribution in [1.29, 1.82) is 0 Å². The monoisotopic (exact) mass is 447 g/mol. The first kappa shape index (κ1) is 22.0. The number of rotatable bonds is 6. The zero-order chi connectivity index (χ0) is 23.4. The highest BCUT2D eigenvalue weighted by Crippen LogP contribution is 2.12. The number of pyridine rings is 3. The van der Waals surface area contributed by atoms with E-state index in [2.05, 4.69) is 15.0 Å². The topological polar surface area (TPSA) is 117 Å². The predicted molar refractivity (Wildman–Crippen MR) is 119 cm³/mol. The van der Waals surface area contributed by atoms with Crippen molar-refractivity contribution in [3.8, 4) is 0 Å². The van der Waals surface area contributed by atoms with E-state index in [1.165, 1.54) is 34.5 Å². The van der Waals surface area contributed by atoms with Gasteiger partial charge in [0.2, 0.25) is 0 Å². The molecule has 0 unspecified atom stereocenters. The quantitative estimate of drug-likeness (QED) is 0.326. The molecule has 0 atom stereocenters. The Balaban J connectivity index is 2.12. The second kappa shape index (κ2) is 9.53. The van der Waals surface area contributed by atoms with Gasteiger partial charge in [-0.05, 0) is 37.3 Å². The van der Waals surface area contributed by atoms with Gasteiger partial charge in [-0.1, -0.05) is 6.07 Å². The van der Waals surface area contributed by atoms with E-state index in [0.29, 0.717) is 5.65 Å². The highest BCUT2D eigenvalue weighted by molar-refractivity contribution is 5.97. The van der Waals surface area contributed by atoms with E-state index < -0.39 is 11.9 Å². The molecule has 0 saturated carbocycles. The van der Waals surface area contributed by atoms with Gasteiger partial charge in [0.15, 0.2) is 5.49 Å². The molecule has 10 heteroatoms. The molecule has 0 aliphatic rings. The number of hydrogen-bond acceptors (Lipinski definition) is 7. The molecule has 4 aromatic heterocycles. The zero-order valence-electron chi connectivity index (χ0n) is 18.1. The van der Waals surface area contributed by atoms with Crippen LogP contribution in [0.15, 0.2) is 64.8 Å². The minimum absolute atomic E-state index is 0.0209. The van der Waals surface area contributed by atoms with E-state index in [1.54, 1.807) is 43.5 Å². The predicted octanol–water partition coefficient (Wildman–Crippen LogP) is 1.61. The van der Waals surface area contributed by atoms with Gasteiger partial charge in [-0.2, -0.15) is 4.99 Å². The molecule has 0 aromatic carbocycles. The Labute approximate surface area is 187 Å². The van der Waals surface area contributed by atoms with E-state index in [0.717, 1.165) is 0 Å². The number of nitrogens with zero attached hydrogens (tertiary/aromatic N) is 5. The van der Waals surface area contributed by atoms with Crippen LogP contribution in [0.2, 0.25) is 0 Å². The normalized spacial score (nSPS) is 11.8. The van der Waals surface area contributed by atoms with Gasteiger partial charge >= 0.3 is 5.97 Å². The van der Waals surface area contributed by atoms with Gasteiger partial charge in [0, 0.05) is 32.2 Å². The number of ether oxygens (including phenoxy) is 2. The Hall–Kier alpha value is -4.18. The van der Waals surface area contributed by atoms with Crippen molar-refractivity contribution >= 4 is 28.6 Å². The van der Waals surface area contributed by atoms with Crippen molar-refractivity contribution in [2.24, 2.45) is 4.99 Å². The molecule has 4 aromatic rings. The molecule has 4 heterocycles.